The molecule has 0 fully saturated rings. The van der Waals surface area contributed by atoms with Crippen molar-refractivity contribution in [3.63, 3.8) is 0 Å². The Labute approximate surface area is 80.4 Å². The van der Waals surface area contributed by atoms with Crippen molar-refractivity contribution in [2.75, 3.05) is 0 Å². The Bertz CT molecular complexity index is 477. The maximum Gasteiger partial charge on any atom is 0.193 e. The van der Waals surface area contributed by atoms with Crippen molar-refractivity contribution in [3.8, 4) is 17.5 Å². The number of aryl methyl sites for hydroxylation is 1. The average Bonchev–Trinajstić information content (AvgIpc) is 2.85. The zero-order valence-electron chi connectivity index (χ0n) is 7.61. The highest BCUT2D eigenvalue weighted by Gasteiger charge is 2.12. The number of furan rings is 1. The van der Waals surface area contributed by atoms with Crippen LogP contribution in [0.2, 0.25) is 0 Å². The Balaban J connectivity index is 2.45. The minimum Gasteiger partial charge on any atom is -0.459 e. The van der Waals surface area contributed by atoms with E-state index in [2.05, 4.69) is 15.4 Å². The van der Waals surface area contributed by atoms with Crippen LogP contribution in [-0.2, 0) is 6.42 Å². The van der Waals surface area contributed by atoms with Crippen LogP contribution in [0.25, 0.3) is 11.5 Å². The summed E-state index contributed by atoms with van der Waals surface area (Å²) in [6.45, 7) is 2.00. The Kier molecular flexibility index (Phi) is 2.03. The molecule has 0 spiro atoms. The molecule has 0 atom stereocenters. The molecule has 0 radical (unpaired) electrons. The van der Waals surface area contributed by atoms with Crippen molar-refractivity contribution < 1.29 is 4.42 Å². The highest BCUT2D eigenvalue weighted by molar-refractivity contribution is 5.58. The minimum atomic E-state index is 0.252. The molecule has 0 aliphatic heterocycles. The van der Waals surface area contributed by atoms with Gasteiger partial charge in [0.15, 0.2) is 17.1 Å². The summed E-state index contributed by atoms with van der Waals surface area (Å²) in [4.78, 5) is 0. The quantitative estimate of drug-likeness (QED) is 0.774. The number of aromatic amines is 1. The monoisotopic (exact) mass is 188 g/mol. The van der Waals surface area contributed by atoms with Crippen LogP contribution in [0.15, 0.2) is 16.5 Å². The molecule has 70 valence electrons. The van der Waals surface area contributed by atoms with E-state index >= 15 is 0 Å². The van der Waals surface area contributed by atoms with E-state index in [0.29, 0.717) is 11.5 Å². The maximum absolute atomic E-state index is 8.72. The maximum atomic E-state index is 8.72. The summed E-state index contributed by atoms with van der Waals surface area (Å²) in [5.74, 6) is 1.44. The van der Waals surface area contributed by atoms with E-state index in [0.717, 1.165) is 12.2 Å². The number of hydrogen-bond donors (Lipinski definition) is 1. The van der Waals surface area contributed by atoms with Gasteiger partial charge < -0.3 is 4.42 Å². The molecule has 0 saturated carbocycles. The lowest BCUT2D eigenvalue weighted by Crippen LogP contribution is -1.79. The second-order valence-electron chi connectivity index (χ2n) is 2.75. The number of rotatable bonds is 2. The van der Waals surface area contributed by atoms with Gasteiger partial charge in [0.05, 0.1) is 0 Å². The van der Waals surface area contributed by atoms with Crippen LogP contribution >= 0.6 is 0 Å². The molecule has 0 aliphatic carbocycles. The second-order valence-corrected chi connectivity index (χ2v) is 2.75. The van der Waals surface area contributed by atoms with Crippen molar-refractivity contribution >= 4 is 0 Å². The van der Waals surface area contributed by atoms with E-state index in [1.807, 2.05) is 19.1 Å². The van der Waals surface area contributed by atoms with Gasteiger partial charge in [0.2, 0.25) is 0 Å². The largest absolute Gasteiger partial charge is 0.459 e. The van der Waals surface area contributed by atoms with E-state index in [1.165, 1.54) is 0 Å². The Morgan fingerprint density at radius 3 is 3.00 bits per heavy atom. The minimum absolute atomic E-state index is 0.252. The smallest absolute Gasteiger partial charge is 0.193 e. The fourth-order valence-electron chi connectivity index (χ4n) is 1.18. The molecular weight excluding hydrogens is 180 g/mol. The molecule has 5 heteroatoms. The SMILES string of the molecule is CCc1ccc(-c2n[nH]nc2C#N)o1. The highest BCUT2D eigenvalue weighted by atomic mass is 16.3. The van der Waals surface area contributed by atoms with Gasteiger partial charge in [0, 0.05) is 6.42 Å². The lowest BCUT2D eigenvalue weighted by atomic mass is 10.3. The molecular formula is C9H8N4O. The molecule has 5 nitrogen and oxygen atoms in total. The van der Waals surface area contributed by atoms with Crippen molar-refractivity contribution in [2.24, 2.45) is 0 Å². The lowest BCUT2D eigenvalue weighted by molar-refractivity contribution is 0.527. The zero-order valence-corrected chi connectivity index (χ0v) is 7.61. The van der Waals surface area contributed by atoms with Gasteiger partial charge in [0.25, 0.3) is 0 Å². The third-order valence-electron chi connectivity index (χ3n) is 1.90. The van der Waals surface area contributed by atoms with Gasteiger partial charge in [-0.2, -0.15) is 15.6 Å². The van der Waals surface area contributed by atoms with Crippen molar-refractivity contribution in [3.05, 3.63) is 23.6 Å². The van der Waals surface area contributed by atoms with Gasteiger partial charge in [-0.15, -0.1) is 5.10 Å². The van der Waals surface area contributed by atoms with Gasteiger partial charge in [0.1, 0.15) is 11.8 Å². The first-order valence-corrected chi connectivity index (χ1v) is 4.25. The third-order valence-corrected chi connectivity index (χ3v) is 1.90. The van der Waals surface area contributed by atoms with E-state index in [-0.39, 0.29) is 5.69 Å². The molecule has 0 aliphatic rings. The first-order valence-electron chi connectivity index (χ1n) is 4.25. The van der Waals surface area contributed by atoms with Crippen LogP contribution in [0.5, 0.6) is 0 Å². The van der Waals surface area contributed by atoms with Crippen LogP contribution in [-0.4, -0.2) is 15.4 Å². The first-order chi connectivity index (χ1) is 6.85. The number of nitrogens with one attached hydrogen (secondary N) is 1. The van der Waals surface area contributed by atoms with Gasteiger partial charge >= 0.3 is 0 Å². The molecule has 14 heavy (non-hydrogen) atoms. The van der Waals surface area contributed by atoms with Gasteiger partial charge in [-0.1, -0.05) is 6.92 Å². The molecule has 0 unspecified atom stereocenters. The standard InChI is InChI=1S/C9H8N4O/c1-2-6-3-4-8(14-6)9-7(5-10)11-13-12-9/h3-4H,2H2,1H3,(H,11,12,13). The summed E-state index contributed by atoms with van der Waals surface area (Å²) in [5.41, 5.74) is 0.717. The second kappa shape index (κ2) is 3.34. The van der Waals surface area contributed by atoms with Gasteiger partial charge in [-0.25, -0.2) is 0 Å². The molecule has 1 N–H and O–H groups in total. The number of hydrogen-bond acceptors (Lipinski definition) is 4. The van der Waals surface area contributed by atoms with Crippen LogP contribution in [0.1, 0.15) is 18.4 Å². The normalized spacial score (nSPS) is 10.0. The topological polar surface area (TPSA) is 78.5 Å². The van der Waals surface area contributed by atoms with Crippen molar-refractivity contribution in [1.29, 1.82) is 5.26 Å². The van der Waals surface area contributed by atoms with E-state index in [1.54, 1.807) is 6.07 Å². The van der Waals surface area contributed by atoms with Crippen LogP contribution < -0.4 is 0 Å². The summed E-state index contributed by atoms with van der Waals surface area (Å²) in [6, 6.07) is 5.59. The first kappa shape index (κ1) is 8.51. The van der Waals surface area contributed by atoms with E-state index in [4.69, 9.17) is 9.68 Å². The Morgan fingerprint density at radius 2 is 2.36 bits per heavy atom. The number of nitriles is 1. The van der Waals surface area contributed by atoms with Crippen molar-refractivity contribution in [2.45, 2.75) is 13.3 Å². The predicted octanol–water partition coefficient (Wildman–Crippen LogP) is 1.50. The Hall–Kier alpha value is -2.09. The molecule has 2 heterocycles. The average molecular weight is 188 g/mol. The molecule has 2 aromatic rings. The number of H-pyrrole nitrogens is 1. The molecule has 2 aromatic heterocycles. The van der Waals surface area contributed by atoms with E-state index in [9.17, 15) is 0 Å². The summed E-state index contributed by atoms with van der Waals surface area (Å²) < 4.78 is 5.45. The van der Waals surface area contributed by atoms with Crippen LogP contribution in [0.3, 0.4) is 0 Å². The molecule has 0 bridgehead atoms. The van der Waals surface area contributed by atoms with Gasteiger partial charge in [-0.3, -0.25) is 0 Å². The fraction of sp³-hybridized carbons (Fsp3) is 0.222. The molecule has 0 saturated heterocycles. The third kappa shape index (κ3) is 1.27. The highest BCUT2D eigenvalue weighted by Crippen LogP contribution is 2.21. The lowest BCUT2D eigenvalue weighted by Gasteiger charge is -1.89. The predicted molar refractivity (Wildman–Crippen MR) is 48.2 cm³/mol. The fourth-order valence-corrected chi connectivity index (χ4v) is 1.18. The van der Waals surface area contributed by atoms with Crippen molar-refractivity contribution in [1.82, 2.24) is 15.4 Å². The Morgan fingerprint density at radius 1 is 1.50 bits per heavy atom. The van der Waals surface area contributed by atoms with E-state index < -0.39 is 0 Å². The van der Waals surface area contributed by atoms with Crippen LogP contribution in [0, 0.1) is 11.3 Å². The number of aromatic nitrogens is 3. The summed E-state index contributed by atoms with van der Waals surface area (Å²) >= 11 is 0. The molecule has 0 aromatic carbocycles. The number of nitrogens with zero attached hydrogens (tertiary/aromatic N) is 3. The summed E-state index contributed by atoms with van der Waals surface area (Å²) in [5, 5.41) is 18.7. The summed E-state index contributed by atoms with van der Waals surface area (Å²) in [6.07, 6.45) is 0.819. The van der Waals surface area contributed by atoms with Gasteiger partial charge in [-0.05, 0) is 12.1 Å². The zero-order chi connectivity index (χ0) is 9.97. The summed E-state index contributed by atoms with van der Waals surface area (Å²) in [7, 11) is 0. The molecule has 0 amide bonds. The molecule has 2 rings (SSSR count). The van der Waals surface area contributed by atoms with Crippen LogP contribution in [0.4, 0.5) is 0 Å².